The monoisotopic (exact) mass is 289 g/mol. The van der Waals surface area contributed by atoms with Crippen LogP contribution in [0.4, 0.5) is 0 Å². The SMILES string of the molecule is O=C(CCN1CCCS(=O)(=O)CC1)N1CCNCC1. The first kappa shape index (κ1) is 14.7. The normalized spacial score (nSPS) is 24.9. The summed E-state index contributed by atoms with van der Waals surface area (Å²) in [7, 11) is -2.86. The molecule has 2 saturated heterocycles. The fourth-order valence-electron chi connectivity index (χ4n) is 2.54. The molecule has 0 bridgehead atoms. The first-order valence-corrected chi connectivity index (χ1v) is 8.80. The minimum atomic E-state index is -2.86. The molecule has 2 fully saturated rings. The summed E-state index contributed by atoms with van der Waals surface area (Å²) in [6, 6.07) is 0. The molecule has 1 N–H and O–H groups in total. The summed E-state index contributed by atoms with van der Waals surface area (Å²) in [6.07, 6.45) is 1.18. The van der Waals surface area contributed by atoms with Crippen molar-refractivity contribution >= 4 is 15.7 Å². The molecule has 1 amide bonds. The van der Waals surface area contributed by atoms with Crippen LogP contribution in [0.25, 0.3) is 0 Å². The van der Waals surface area contributed by atoms with Crippen LogP contribution in [0.15, 0.2) is 0 Å². The summed E-state index contributed by atoms with van der Waals surface area (Å²) in [5.74, 6) is 0.706. The highest BCUT2D eigenvalue weighted by atomic mass is 32.2. The summed E-state index contributed by atoms with van der Waals surface area (Å²) in [4.78, 5) is 16.0. The Kier molecular flexibility index (Phi) is 5.18. The van der Waals surface area contributed by atoms with Crippen LogP contribution in [0.2, 0.25) is 0 Å². The third-order valence-electron chi connectivity index (χ3n) is 3.76. The van der Waals surface area contributed by atoms with Gasteiger partial charge in [0.2, 0.25) is 5.91 Å². The number of hydrogen-bond donors (Lipinski definition) is 1. The van der Waals surface area contributed by atoms with E-state index in [0.717, 1.165) is 32.7 Å². The van der Waals surface area contributed by atoms with Crippen LogP contribution in [0, 0.1) is 0 Å². The molecule has 0 unspecified atom stereocenters. The highest BCUT2D eigenvalue weighted by molar-refractivity contribution is 7.91. The maximum Gasteiger partial charge on any atom is 0.223 e. The van der Waals surface area contributed by atoms with Gasteiger partial charge >= 0.3 is 0 Å². The third-order valence-corrected chi connectivity index (χ3v) is 5.48. The van der Waals surface area contributed by atoms with Gasteiger partial charge in [0.1, 0.15) is 0 Å². The average molecular weight is 289 g/mol. The van der Waals surface area contributed by atoms with Crippen LogP contribution in [-0.4, -0.2) is 81.4 Å². The molecule has 2 aliphatic rings. The Bertz CT molecular complexity index is 404. The minimum absolute atomic E-state index is 0.189. The fraction of sp³-hybridized carbons (Fsp3) is 0.917. The number of amides is 1. The molecule has 0 saturated carbocycles. The zero-order chi connectivity index (χ0) is 13.7. The quantitative estimate of drug-likeness (QED) is 0.716. The number of carbonyl (C=O) groups is 1. The molecule has 6 nitrogen and oxygen atoms in total. The summed E-state index contributed by atoms with van der Waals surface area (Å²) in [5.41, 5.74) is 0. The van der Waals surface area contributed by atoms with Crippen molar-refractivity contribution in [1.82, 2.24) is 15.1 Å². The van der Waals surface area contributed by atoms with Gasteiger partial charge in [-0.05, 0) is 13.0 Å². The van der Waals surface area contributed by atoms with Crippen LogP contribution in [0.5, 0.6) is 0 Å². The van der Waals surface area contributed by atoms with Crippen molar-refractivity contribution in [3.63, 3.8) is 0 Å². The van der Waals surface area contributed by atoms with Gasteiger partial charge in [-0.15, -0.1) is 0 Å². The second-order valence-corrected chi connectivity index (χ2v) is 7.53. The molecule has 2 aliphatic heterocycles. The van der Waals surface area contributed by atoms with E-state index in [-0.39, 0.29) is 17.4 Å². The maximum atomic E-state index is 12.0. The lowest BCUT2D eigenvalue weighted by Gasteiger charge is -2.28. The molecule has 0 spiro atoms. The van der Waals surface area contributed by atoms with E-state index in [1.165, 1.54) is 0 Å². The molecular weight excluding hydrogens is 266 g/mol. The fourth-order valence-corrected chi connectivity index (χ4v) is 3.85. The Balaban J connectivity index is 1.74. The molecule has 0 aliphatic carbocycles. The van der Waals surface area contributed by atoms with Gasteiger partial charge in [0.25, 0.3) is 0 Å². The molecule has 7 heteroatoms. The lowest BCUT2D eigenvalue weighted by molar-refractivity contribution is -0.132. The molecule has 0 atom stereocenters. The van der Waals surface area contributed by atoms with E-state index >= 15 is 0 Å². The van der Waals surface area contributed by atoms with Gasteiger partial charge in [0, 0.05) is 45.7 Å². The largest absolute Gasteiger partial charge is 0.340 e. The summed E-state index contributed by atoms with van der Waals surface area (Å²) in [6.45, 7) is 5.34. The van der Waals surface area contributed by atoms with E-state index in [0.29, 0.717) is 25.9 Å². The second kappa shape index (κ2) is 6.67. The summed E-state index contributed by atoms with van der Waals surface area (Å²) < 4.78 is 23.0. The first-order chi connectivity index (χ1) is 9.07. The standard InChI is InChI=1S/C12H23N3O3S/c16-12(15-7-3-13-4-8-15)2-6-14-5-1-10-19(17,18)11-9-14/h13H,1-11H2. The van der Waals surface area contributed by atoms with Gasteiger partial charge in [0.05, 0.1) is 11.5 Å². The number of sulfone groups is 1. The molecule has 2 rings (SSSR count). The van der Waals surface area contributed by atoms with Crippen molar-refractivity contribution in [1.29, 1.82) is 0 Å². The molecule has 110 valence electrons. The summed E-state index contributed by atoms with van der Waals surface area (Å²) >= 11 is 0. The Hall–Kier alpha value is -0.660. The van der Waals surface area contributed by atoms with Crippen LogP contribution >= 0.6 is 0 Å². The number of nitrogens with zero attached hydrogens (tertiary/aromatic N) is 2. The van der Waals surface area contributed by atoms with Crippen molar-refractivity contribution in [3.05, 3.63) is 0 Å². The molecule has 19 heavy (non-hydrogen) atoms. The van der Waals surface area contributed by atoms with Crippen molar-refractivity contribution < 1.29 is 13.2 Å². The number of rotatable bonds is 3. The van der Waals surface area contributed by atoms with Crippen LogP contribution in [0.1, 0.15) is 12.8 Å². The maximum absolute atomic E-state index is 12.0. The van der Waals surface area contributed by atoms with E-state index in [9.17, 15) is 13.2 Å². The third kappa shape index (κ3) is 4.74. The molecule has 0 radical (unpaired) electrons. The van der Waals surface area contributed by atoms with Crippen LogP contribution in [-0.2, 0) is 14.6 Å². The van der Waals surface area contributed by atoms with E-state index in [1.807, 2.05) is 4.90 Å². The Morgan fingerprint density at radius 2 is 1.79 bits per heavy atom. The van der Waals surface area contributed by atoms with E-state index in [4.69, 9.17) is 0 Å². The van der Waals surface area contributed by atoms with Crippen molar-refractivity contribution in [3.8, 4) is 0 Å². The zero-order valence-electron chi connectivity index (χ0n) is 11.3. The Morgan fingerprint density at radius 1 is 1.05 bits per heavy atom. The lowest BCUT2D eigenvalue weighted by Crippen LogP contribution is -2.47. The second-order valence-electron chi connectivity index (χ2n) is 5.23. The molecule has 0 aromatic carbocycles. The Labute approximate surface area is 115 Å². The van der Waals surface area contributed by atoms with E-state index in [2.05, 4.69) is 10.2 Å². The molecule has 0 aromatic rings. The number of piperazine rings is 1. The molecular formula is C12H23N3O3S. The van der Waals surface area contributed by atoms with Gasteiger partial charge in [-0.1, -0.05) is 0 Å². The van der Waals surface area contributed by atoms with Gasteiger partial charge < -0.3 is 15.1 Å². The highest BCUT2D eigenvalue weighted by Gasteiger charge is 2.21. The minimum Gasteiger partial charge on any atom is -0.340 e. The summed E-state index contributed by atoms with van der Waals surface area (Å²) in [5, 5.41) is 3.22. The van der Waals surface area contributed by atoms with Gasteiger partial charge in [0.15, 0.2) is 9.84 Å². The predicted molar refractivity (Wildman–Crippen MR) is 73.8 cm³/mol. The predicted octanol–water partition coefficient (Wildman–Crippen LogP) is -1.07. The van der Waals surface area contributed by atoms with Crippen LogP contribution in [0.3, 0.4) is 0 Å². The molecule has 2 heterocycles. The number of nitrogens with one attached hydrogen (secondary N) is 1. The first-order valence-electron chi connectivity index (χ1n) is 6.98. The number of carbonyl (C=O) groups excluding carboxylic acids is 1. The Morgan fingerprint density at radius 3 is 2.53 bits per heavy atom. The lowest BCUT2D eigenvalue weighted by atomic mass is 10.3. The highest BCUT2D eigenvalue weighted by Crippen LogP contribution is 2.06. The van der Waals surface area contributed by atoms with E-state index < -0.39 is 9.84 Å². The van der Waals surface area contributed by atoms with Crippen molar-refractivity contribution in [2.24, 2.45) is 0 Å². The van der Waals surface area contributed by atoms with Crippen LogP contribution < -0.4 is 5.32 Å². The number of hydrogen-bond acceptors (Lipinski definition) is 5. The van der Waals surface area contributed by atoms with Gasteiger partial charge in [-0.3, -0.25) is 4.79 Å². The molecule has 0 aromatic heterocycles. The van der Waals surface area contributed by atoms with E-state index in [1.54, 1.807) is 0 Å². The zero-order valence-corrected chi connectivity index (χ0v) is 12.1. The van der Waals surface area contributed by atoms with Crippen molar-refractivity contribution in [2.45, 2.75) is 12.8 Å². The average Bonchev–Trinajstić information content (AvgIpc) is 2.58. The van der Waals surface area contributed by atoms with Gasteiger partial charge in [-0.25, -0.2) is 8.42 Å². The smallest absolute Gasteiger partial charge is 0.223 e. The topological polar surface area (TPSA) is 69.7 Å². The van der Waals surface area contributed by atoms with Crippen molar-refractivity contribution in [2.75, 3.05) is 57.3 Å². The van der Waals surface area contributed by atoms with Gasteiger partial charge in [-0.2, -0.15) is 0 Å².